The molecule has 1 aliphatic heterocycles. The molecule has 2 aromatic rings. The van der Waals surface area contributed by atoms with Crippen molar-refractivity contribution in [2.75, 3.05) is 7.05 Å². The minimum Gasteiger partial charge on any atom is -0.443 e. The standard InChI is InChI=1S/C18H17BrN2O4/c1-18(2,3)25-17(24)21-9-11(10-7-5-6-8-12(10)21)13-14(19)16(23)20(4)15(13)22/h5-9H,1-4H3. The lowest BCUT2D eigenvalue weighted by Gasteiger charge is -2.19. The van der Waals surface area contributed by atoms with E-state index in [0.29, 0.717) is 16.5 Å². The molecule has 0 saturated carbocycles. The number of para-hydroxylation sites is 1. The molecule has 0 radical (unpaired) electrons. The highest BCUT2D eigenvalue weighted by molar-refractivity contribution is 9.12. The summed E-state index contributed by atoms with van der Waals surface area (Å²) >= 11 is 3.21. The van der Waals surface area contributed by atoms with Gasteiger partial charge in [-0.3, -0.25) is 19.1 Å². The lowest BCUT2D eigenvalue weighted by molar-refractivity contribution is -0.134. The van der Waals surface area contributed by atoms with E-state index in [1.807, 2.05) is 6.07 Å². The number of rotatable bonds is 1. The zero-order chi connectivity index (χ0) is 18.5. The summed E-state index contributed by atoms with van der Waals surface area (Å²) in [5, 5.41) is 0.691. The lowest BCUT2D eigenvalue weighted by atomic mass is 10.1. The Hall–Kier alpha value is -2.41. The van der Waals surface area contributed by atoms with Gasteiger partial charge in [-0.1, -0.05) is 18.2 Å². The van der Waals surface area contributed by atoms with Crippen molar-refractivity contribution in [2.45, 2.75) is 26.4 Å². The molecule has 0 saturated heterocycles. The fraction of sp³-hybridized carbons (Fsp3) is 0.278. The van der Waals surface area contributed by atoms with Gasteiger partial charge in [0, 0.05) is 24.2 Å². The molecule has 1 aromatic heterocycles. The van der Waals surface area contributed by atoms with Crippen LogP contribution in [0.25, 0.3) is 16.5 Å². The van der Waals surface area contributed by atoms with Crippen molar-refractivity contribution in [1.82, 2.24) is 9.47 Å². The van der Waals surface area contributed by atoms with Crippen LogP contribution in [0, 0.1) is 0 Å². The summed E-state index contributed by atoms with van der Waals surface area (Å²) in [6.07, 6.45) is 0.997. The Labute approximate surface area is 153 Å². The third-order valence-corrected chi connectivity index (χ3v) is 4.54. The topological polar surface area (TPSA) is 68.6 Å². The third-order valence-electron chi connectivity index (χ3n) is 3.80. The van der Waals surface area contributed by atoms with Crippen molar-refractivity contribution in [3.05, 3.63) is 40.5 Å². The first-order valence-electron chi connectivity index (χ1n) is 7.68. The fourth-order valence-corrected chi connectivity index (χ4v) is 3.33. The van der Waals surface area contributed by atoms with Gasteiger partial charge >= 0.3 is 6.09 Å². The van der Waals surface area contributed by atoms with E-state index in [1.54, 1.807) is 45.2 Å². The number of imide groups is 1. The molecule has 7 heteroatoms. The smallest absolute Gasteiger partial charge is 0.419 e. The van der Waals surface area contributed by atoms with E-state index >= 15 is 0 Å². The second-order valence-electron chi connectivity index (χ2n) is 6.77. The molecule has 2 amide bonds. The second kappa shape index (κ2) is 5.84. The van der Waals surface area contributed by atoms with Crippen LogP contribution in [0.1, 0.15) is 26.3 Å². The molecule has 3 rings (SSSR count). The van der Waals surface area contributed by atoms with E-state index in [2.05, 4.69) is 15.9 Å². The minimum atomic E-state index is -0.651. The summed E-state index contributed by atoms with van der Waals surface area (Å²) in [5.41, 5.74) is 0.707. The first kappa shape index (κ1) is 17.4. The number of hydrogen-bond acceptors (Lipinski definition) is 4. The van der Waals surface area contributed by atoms with Crippen LogP contribution < -0.4 is 0 Å². The highest BCUT2D eigenvalue weighted by Gasteiger charge is 2.37. The SMILES string of the molecule is CN1C(=O)C(Br)=C(c2cn(C(=O)OC(C)(C)C)c3ccccc23)C1=O. The number of benzene rings is 1. The molecule has 25 heavy (non-hydrogen) atoms. The zero-order valence-electron chi connectivity index (χ0n) is 14.3. The molecule has 130 valence electrons. The van der Waals surface area contributed by atoms with Gasteiger partial charge in [-0.05, 0) is 42.8 Å². The summed E-state index contributed by atoms with van der Waals surface area (Å²) in [5.74, 6) is -0.821. The number of ether oxygens (including phenoxy) is 1. The van der Waals surface area contributed by atoms with E-state index in [1.165, 1.54) is 11.6 Å². The molecular weight excluding hydrogens is 388 g/mol. The Kier molecular flexibility index (Phi) is 4.07. The van der Waals surface area contributed by atoms with Gasteiger partial charge in [-0.25, -0.2) is 4.79 Å². The summed E-state index contributed by atoms with van der Waals surface area (Å²) in [4.78, 5) is 38.1. The monoisotopic (exact) mass is 404 g/mol. The largest absolute Gasteiger partial charge is 0.443 e. The van der Waals surface area contributed by atoms with Gasteiger partial charge in [-0.15, -0.1) is 0 Å². The molecule has 6 nitrogen and oxygen atoms in total. The Bertz CT molecular complexity index is 950. The molecule has 2 heterocycles. The van der Waals surface area contributed by atoms with Gasteiger partial charge in [0.25, 0.3) is 11.8 Å². The summed E-state index contributed by atoms with van der Waals surface area (Å²) in [7, 11) is 1.42. The van der Waals surface area contributed by atoms with Crippen LogP contribution in [0.2, 0.25) is 0 Å². The van der Waals surface area contributed by atoms with E-state index < -0.39 is 23.5 Å². The summed E-state index contributed by atoms with van der Waals surface area (Å²) in [6.45, 7) is 5.35. The minimum absolute atomic E-state index is 0.187. The number of nitrogens with zero attached hydrogens (tertiary/aromatic N) is 2. The number of halogens is 1. The van der Waals surface area contributed by atoms with Crippen LogP contribution in [-0.2, 0) is 14.3 Å². The molecule has 0 atom stereocenters. The van der Waals surface area contributed by atoms with Gasteiger partial charge in [0.1, 0.15) is 5.60 Å². The number of fused-ring (bicyclic) bond motifs is 1. The Morgan fingerprint density at radius 3 is 2.32 bits per heavy atom. The van der Waals surface area contributed by atoms with Gasteiger partial charge < -0.3 is 4.74 Å². The van der Waals surface area contributed by atoms with Crippen LogP contribution in [0.4, 0.5) is 4.79 Å². The highest BCUT2D eigenvalue weighted by Crippen LogP contribution is 2.36. The second-order valence-corrected chi connectivity index (χ2v) is 7.56. The molecule has 0 spiro atoms. The fourth-order valence-electron chi connectivity index (χ4n) is 2.68. The number of likely N-dealkylation sites (N-methyl/N-ethyl adjacent to an activating group) is 1. The molecule has 0 bridgehead atoms. The zero-order valence-corrected chi connectivity index (χ0v) is 15.9. The van der Waals surface area contributed by atoms with E-state index in [0.717, 1.165) is 4.90 Å². The first-order valence-corrected chi connectivity index (χ1v) is 8.47. The van der Waals surface area contributed by atoms with Crippen molar-refractivity contribution in [1.29, 1.82) is 0 Å². The predicted molar refractivity (Wildman–Crippen MR) is 97.2 cm³/mol. The molecule has 1 aromatic carbocycles. The van der Waals surface area contributed by atoms with E-state index in [-0.39, 0.29) is 10.1 Å². The highest BCUT2D eigenvalue weighted by atomic mass is 79.9. The predicted octanol–water partition coefficient (Wildman–Crippen LogP) is 3.53. The normalized spacial score (nSPS) is 15.5. The molecule has 0 N–H and O–H groups in total. The lowest BCUT2D eigenvalue weighted by Crippen LogP contribution is -2.27. The first-order chi connectivity index (χ1) is 11.6. The maximum absolute atomic E-state index is 12.5. The number of carbonyl (C=O) groups excluding carboxylic acids is 3. The maximum Gasteiger partial charge on any atom is 0.419 e. The average molecular weight is 405 g/mol. The Morgan fingerprint density at radius 2 is 1.76 bits per heavy atom. The number of hydrogen-bond donors (Lipinski definition) is 0. The van der Waals surface area contributed by atoms with Crippen LogP contribution >= 0.6 is 15.9 Å². The van der Waals surface area contributed by atoms with Crippen LogP contribution in [0.3, 0.4) is 0 Å². The molecular formula is C18H17BrN2O4. The van der Waals surface area contributed by atoms with Crippen molar-refractivity contribution in [2.24, 2.45) is 0 Å². The molecule has 0 unspecified atom stereocenters. The van der Waals surface area contributed by atoms with Crippen molar-refractivity contribution in [3.63, 3.8) is 0 Å². The Balaban J connectivity index is 2.21. The number of amides is 2. The van der Waals surface area contributed by atoms with Gasteiger partial charge in [0.15, 0.2) is 0 Å². The molecule has 0 aliphatic carbocycles. The van der Waals surface area contributed by atoms with Crippen LogP contribution in [-0.4, -0.2) is 40.0 Å². The molecule has 0 fully saturated rings. The Morgan fingerprint density at radius 1 is 1.12 bits per heavy atom. The average Bonchev–Trinajstić information content (AvgIpc) is 2.99. The van der Waals surface area contributed by atoms with Gasteiger partial charge in [-0.2, -0.15) is 0 Å². The number of carbonyl (C=O) groups is 3. The van der Waals surface area contributed by atoms with Crippen molar-refractivity contribution < 1.29 is 19.1 Å². The third kappa shape index (κ3) is 2.89. The molecule has 1 aliphatic rings. The van der Waals surface area contributed by atoms with Crippen molar-refractivity contribution >= 4 is 50.3 Å². The van der Waals surface area contributed by atoms with E-state index in [4.69, 9.17) is 4.74 Å². The summed E-state index contributed by atoms with van der Waals surface area (Å²) in [6, 6.07) is 7.17. The van der Waals surface area contributed by atoms with Crippen LogP contribution in [0.5, 0.6) is 0 Å². The quantitative estimate of drug-likeness (QED) is 0.681. The van der Waals surface area contributed by atoms with Gasteiger partial charge in [0.05, 0.1) is 15.6 Å². The van der Waals surface area contributed by atoms with Crippen molar-refractivity contribution in [3.8, 4) is 0 Å². The summed E-state index contributed by atoms with van der Waals surface area (Å²) < 4.78 is 6.99. The maximum atomic E-state index is 12.5. The van der Waals surface area contributed by atoms with Crippen LogP contribution in [0.15, 0.2) is 34.9 Å². The van der Waals surface area contributed by atoms with E-state index in [9.17, 15) is 14.4 Å². The van der Waals surface area contributed by atoms with Gasteiger partial charge in [0.2, 0.25) is 0 Å². The number of aromatic nitrogens is 1.